The van der Waals surface area contributed by atoms with E-state index in [9.17, 15) is 14.4 Å². The molecule has 8 heteroatoms. The number of carbonyl (C=O) groups is 3. The monoisotopic (exact) mass is 523 g/mol. The summed E-state index contributed by atoms with van der Waals surface area (Å²) in [6, 6.07) is 13.9. The minimum atomic E-state index is -0.637. The van der Waals surface area contributed by atoms with Gasteiger partial charge >= 0.3 is 5.97 Å². The summed E-state index contributed by atoms with van der Waals surface area (Å²) in [5, 5.41) is 10.3. The third kappa shape index (κ3) is 5.57. The van der Waals surface area contributed by atoms with E-state index in [0.717, 1.165) is 17.0 Å². The molecule has 0 radical (unpaired) electrons. The first kappa shape index (κ1) is 26.9. The zero-order chi connectivity index (χ0) is 25.4. The average Bonchev–Trinajstić information content (AvgIpc) is 3.58. The highest BCUT2D eigenvalue weighted by Gasteiger charge is 2.45. The van der Waals surface area contributed by atoms with Gasteiger partial charge in [0.05, 0.1) is 25.0 Å². The number of hydrogen-bond acceptors (Lipinski definition) is 5. The van der Waals surface area contributed by atoms with Crippen molar-refractivity contribution in [2.24, 2.45) is 35.3 Å². The van der Waals surface area contributed by atoms with E-state index < -0.39 is 12.0 Å². The molecule has 2 saturated carbocycles. The van der Waals surface area contributed by atoms with E-state index in [4.69, 9.17) is 15.9 Å². The summed E-state index contributed by atoms with van der Waals surface area (Å²) in [6.07, 6.45) is 4.10. The molecule has 2 bridgehead atoms. The number of amidine groups is 1. The highest BCUT2D eigenvalue weighted by atomic mass is 35.5. The van der Waals surface area contributed by atoms with Crippen LogP contribution in [0, 0.1) is 35.0 Å². The smallest absolute Gasteiger partial charge is 0.306 e. The third-order valence-corrected chi connectivity index (χ3v) is 8.61. The Morgan fingerprint density at radius 2 is 1.57 bits per heavy atom. The van der Waals surface area contributed by atoms with Crippen molar-refractivity contribution >= 4 is 35.9 Å². The molecule has 7 nitrogen and oxygen atoms in total. The maximum atomic E-state index is 13.0. The number of halogens is 1. The number of benzene rings is 2. The van der Waals surface area contributed by atoms with Crippen LogP contribution in [0.1, 0.15) is 54.9 Å². The molecule has 0 aromatic heterocycles. The summed E-state index contributed by atoms with van der Waals surface area (Å²) >= 11 is 0. The fourth-order valence-corrected chi connectivity index (χ4v) is 6.39. The van der Waals surface area contributed by atoms with Crippen LogP contribution in [-0.4, -0.2) is 36.1 Å². The van der Waals surface area contributed by atoms with Gasteiger partial charge in [0.15, 0.2) is 5.78 Å². The fourth-order valence-electron chi connectivity index (χ4n) is 6.39. The lowest BCUT2D eigenvalue weighted by Crippen LogP contribution is -2.33. The third-order valence-electron chi connectivity index (χ3n) is 8.61. The number of nitrogens with two attached hydrogens (primary N) is 1. The molecule has 37 heavy (non-hydrogen) atoms. The first-order valence-corrected chi connectivity index (χ1v) is 12.8. The SMILES string of the molecule is CC1C2CCC(C2)C1COC(=O)C[C@@H]1C[C@@H](C(=O)c2ccc(-c3ccc(C(=N)N)cc3)cc2)NC1=O.Cl. The van der Waals surface area contributed by atoms with Gasteiger partial charge in [0, 0.05) is 11.1 Å². The largest absolute Gasteiger partial charge is 0.465 e. The number of fused-ring (bicyclic) bond motifs is 2. The molecule has 196 valence electrons. The molecule has 2 aromatic carbocycles. The number of Topliss-reactive ketones (excluding diaryl/α,β-unsaturated/α-hetero) is 1. The van der Waals surface area contributed by atoms with Crippen LogP contribution in [0.4, 0.5) is 0 Å². The Morgan fingerprint density at radius 1 is 0.973 bits per heavy atom. The van der Waals surface area contributed by atoms with E-state index in [2.05, 4.69) is 12.2 Å². The highest BCUT2D eigenvalue weighted by molar-refractivity contribution is 6.04. The zero-order valence-electron chi connectivity index (χ0n) is 20.9. The maximum Gasteiger partial charge on any atom is 0.306 e. The molecule has 1 amide bonds. The van der Waals surface area contributed by atoms with Gasteiger partial charge in [-0.2, -0.15) is 0 Å². The van der Waals surface area contributed by atoms with Crippen LogP contribution in [0.2, 0.25) is 0 Å². The predicted octanol–water partition coefficient (Wildman–Crippen LogP) is 4.36. The molecular weight excluding hydrogens is 490 g/mol. The molecule has 1 saturated heterocycles. The molecule has 6 atom stereocenters. The summed E-state index contributed by atoms with van der Waals surface area (Å²) < 4.78 is 5.59. The van der Waals surface area contributed by atoms with Crippen LogP contribution < -0.4 is 11.1 Å². The van der Waals surface area contributed by atoms with Crippen LogP contribution in [0.5, 0.6) is 0 Å². The van der Waals surface area contributed by atoms with Gasteiger partial charge < -0.3 is 15.8 Å². The van der Waals surface area contributed by atoms with Gasteiger partial charge in [-0.3, -0.25) is 19.8 Å². The number of ether oxygens (including phenoxy) is 1. The molecule has 2 aliphatic carbocycles. The summed E-state index contributed by atoms with van der Waals surface area (Å²) in [6.45, 7) is 2.71. The Bertz CT molecular complexity index is 1180. The summed E-state index contributed by atoms with van der Waals surface area (Å²) in [4.78, 5) is 38.0. The normalized spacial score (nSPS) is 27.9. The highest BCUT2D eigenvalue weighted by Crippen LogP contribution is 2.52. The van der Waals surface area contributed by atoms with Gasteiger partial charge in [0.25, 0.3) is 0 Å². The topological polar surface area (TPSA) is 122 Å². The molecule has 3 aliphatic rings. The lowest BCUT2D eigenvalue weighted by molar-refractivity contribution is -0.148. The maximum absolute atomic E-state index is 13.0. The second-order valence-corrected chi connectivity index (χ2v) is 10.7. The molecule has 2 aromatic rings. The average molecular weight is 524 g/mol. The molecule has 1 heterocycles. The van der Waals surface area contributed by atoms with Crippen molar-refractivity contribution in [3.05, 3.63) is 59.7 Å². The molecule has 1 aliphatic heterocycles. The minimum Gasteiger partial charge on any atom is -0.465 e. The van der Waals surface area contributed by atoms with Crippen LogP contribution >= 0.6 is 12.4 Å². The van der Waals surface area contributed by atoms with Gasteiger partial charge in [0.1, 0.15) is 5.84 Å². The van der Waals surface area contributed by atoms with Crippen molar-refractivity contribution in [3.8, 4) is 11.1 Å². The Balaban J connectivity index is 0.00000320. The molecular formula is C29H34ClN3O4. The number of hydrogen-bond donors (Lipinski definition) is 3. The van der Waals surface area contributed by atoms with Crippen molar-refractivity contribution in [1.82, 2.24) is 5.32 Å². The standard InChI is InChI=1S/C29H33N3O4.ClH/c1-16-21-10-11-22(12-21)24(16)15-36-26(33)14-23-13-25(32-29(23)35)27(34)19-6-2-17(3-7-19)18-4-8-20(9-5-18)28(30)31;/h2-9,16,21-25H,10-15H2,1H3,(H3,30,31)(H,32,35);1H/t16?,21?,22?,23-,24?,25-;/m0./s1. The molecule has 5 rings (SSSR count). The molecule has 3 fully saturated rings. The molecule has 4 unspecified atom stereocenters. The number of nitrogens with one attached hydrogen (secondary N) is 2. The van der Waals surface area contributed by atoms with Gasteiger partial charge in [-0.25, -0.2) is 0 Å². The van der Waals surface area contributed by atoms with Gasteiger partial charge in [0.2, 0.25) is 5.91 Å². The van der Waals surface area contributed by atoms with Gasteiger partial charge in [-0.15, -0.1) is 12.4 Å². The minimum absolute atomic E-state index is 0. The van der Waals surface area contributed by atoms with Crippen molar-refractivity contribution in [3.63, 3.8) is 0 Å². The van der Waals surface area contributed by atoms with Crippen LogP contribution in [0.3, 0.4) is 0 Å². The van der Waals surface area contributed by atoms with Crippen molar-refractivity contribution in [1.29, 1.82) is 5.41 Å². The van der Waals surface area contributed by atoms with Crippen LogP contribution in [0.25, 0.3) is 11.1 Å². The lowest BCUT2D eigenvalue weighted by atomic mass is 9.81. The first-order chi connectivity index (χ1) is 17.3. The van der Waals surface area contributed by atoms with E-state index in [1.54, 1.807) is 24.3 Å². The second-order valence-electron chi connectivity index (χ2n) is 10.7. The Labute approximate surface area is 223 Å². The summed E-state index contributed by atoms with van der Waals surface area (Å²) in [5.41, 5.74) is 8.56. The lowest BCUT2D eigenvalue weighted by Gasteiger charge is -2.27. The first-order valence-electron chi connectivity index (χ1n) is 12.8. The zero-order valence-corrected chi connectivity index (χ0v) is 21.8. The number of carbonyl (C=O) groups excluding carboxylic acids is 3. The number of rotatable bonds is 8. The second kappa shape index (κ2) is 11.1. The van der Waals surface area contributed by atoms with Gasteiger partial charge in [-0.1, -0.05) is 55.5 Å². The van der Waals surface area contributed by atoms with E-state index >= 15 is 0 Å². The van der Waals surface area contributed by atoms with Crippen LogP contribution in [0.15, 0.2) is 48.5 Å². The number of ketones is 1. The summed E-state index contributed by atoms with van der Waals surface area (Å²) in [5.74, 6) is 1.18. The van der Waals surface area contributed by atoms with Gasteiger partial charge in [-0.05, 0) is 60.5 Å². The fraction of sp³-hybridized carbons (Fsp3) is 0.448. The van der Waals surface area contributed by atoms with Crippen LogP contribution in [-0.2, 0) is 14.3 Å². The quantitative estimate of drug-likeness (QED) is 0.205. The van der Waals surface area contributed by atoms with E-state index in [0.29, 0.717) is 41.9 Å². The molecule has 0 spiro atoms. The van der Waals surface area contributed by atoms with E-state index in [-0.39, 0.29) is 42.3 Å². The molecule has 4 N–H and O–H groups in total. The van der Waals surface area contributed by atoms with E-state index in [1.807, 2.05) is 24.3 Å². The Kier molecular flexibility index (Phi) is 8.02. The number of amides is 1. The number of esters is 1. The van der Waals surface area contributed by atoms with Crippen molar-refractivity contribution < 1.29 is 19.1 Å². The Morgan fingerprint density at radius 3 is 2.14 bits per heavy atom. The van der Waals surface area contributed by atoms with Crippen molar-refractivity contribution in [2.45, 2.75) is 45.1 Å². The predicted molar refractivity (Wildman–Crippen MR) is 144 cm³/mol. The van der Waals surface area contributed by atoms with E-state index in [1.165, 1.54) is 19.3 Å². The summed E-state index contributed by atoms with van der Waals surface area (Å²) in [7, 11) is 0. The number of nitrogen functional groups attached to an aromatic ring is 1. The Hall–Kier alpha value is -3.19. The van der Waals surface area contributed by atoms with Crippen molar-refractivity contribution in [2.75, 3.05) is 6.61 Å².